The average molecular weight is 278 g/mol. The largest absolute Gasteiger partial charge is 0.303 e. The molecule has 0 heterocycles. The van der Waals surface area contributed by atoms with E-state index in [2.05, 4.69) is 26.9 Å². The van der Waals surface area contributed by atoms with Crippen LogP contribution in [0.1, 0.15) is 20.8 Å². The minimum absolute atomic E-state index is 0. The molecule has 0 saturated carbocycles. The number of aldehydes is 1. The summed E-state index contributed by atoms with van der Waals surface area (Å²) in [5.41, 5.74) is -0.348. The zero-order valence-electron chi connectivity index (χ0n) is 9.93. The quantitative estimate of drug-likeness (QED) is 0.335. The van der Waals surface area contributed by atoms with Crippen molar-refractivity contribution in [1.29, 1.82) is 0 Å². The molecule has 0 bridgehead atoms. The van der Waals surface area contributed by atoms with Gasteiger partial charge in [-0.2, -0.15) is 0 Å². The number of rotatable bonds is 4. The summed E-state index contributed by atoms with van der Waals surface area (Å²) < 4.78 is 22.5. The molecule has 0 atom stereocenters. The maximum absolute atomic E-state index is 10.4. The van der Waals surface area contributed by atoms with Crippen molar-refractivity contribution in [2.45, 2.75) is 20.8 Å². The Morgan fingerprint density at radius 1 is 1.12 bits per heavy atom. The fourth-order valence-corrected chi connectivity index (χ4v) is 0.396. The molecule has 94 valence electrons. The van der Waals surface area contributed by atoms with E-state index in [0.29, 0.717) is 0 Å². The smallest absolute Gasteiger partial charge is 0.125 e. The molecule has 0 aromatic rings. The predicted octanol–water partition coefficient (Wildman–Crippen LogP) is 1.93. The Balaban J connectivity index is -0.0000000594. The molecular weight excluding hydrogens is 264 g/mol. The van der Waals surface area contributed by atoms with Gasteiger partial charge in [0.05, 0.1) is 0 Å². The zero-order valence-corrected chi connectivity index (χ0v) is 11.0. The molecular formula is C12H14FeO4. The van der Waals surface area contributed by atoms with Gasteiger partial charge in [-0.25, -0.2) is 0 Å². The van der Waals surface area contributed by atoms with Gasteiger partial charge in [-0.15, -0.1) is 0 Å². The van der Waals surface area contributed by atoms with E-state index < -0.39 is 0 Å². The predicted molar refractivity (Wildman–Crippen MR) is 54.5 cm³/mol. The van der Waals surface area contributed by atoms with Crippen molar-refractivity contribution in [3.8, 4) is 0 Å². The van der Waals surface area contributed by atoms with E-state index in [9.17, 15) is 4.79 Å². The summed E-state index contributed by atoms with van der Waals surface area (Å²) in [7, 11) is 0. The zero-order chi connectivity index (χ0) is 14.2. The summed E-state index contributed by atoms with van der Waals surface area (Å²) >= 11 is 0. The van der Waals surface area contributed by atoms with Crippen LogP contribution < -0.4 is 0 Å². The first-order valence-electron chi connectivity index (χ1n) is 3.90. The molecule has 0 aromatic carbocycles. The number of carbonyl (C=O) groups excluding carboxylic acids is 1. The number of hydrogen-bond acceptors (Lipinski definition) is 1. The molecule has 5 heteroatoms. The van der Waals surface area contributed by atoms with Gasteiger partial charge in [0.25, 0.3) is 0 Å². The van der Waals surface area contributed by atoms with Crippen LogP contribution in [0.15, 0.2) is 0 Å². The Bertz CT molecular complexity index is 190. The van der Waals surface area contributed by atoms with Gasteiger partial charge in [0.2, 0.25) is 0 Å². The van der Waals surface area contributed by atoms with Crippen molar-refractivity contribution in [2.75, 3.05) is 0 Å². The molecule has 4 nitrogen and oxygen atoms in total. The third-order valence-electron chi connectivity index (χ3n) is 1.10. The molecule has 0 aromatic heterocycles. The third kappa shape index (κ3) is 39.2. The molecule has 0 spiro atoms. The maximum atomic E-state index is 10.4. The molecule has 0 fully saturated rings. The Hall–Kier alpha value is -0.591. The minimum atomic E-state index is -0.348. The monoisotopic (exact) mass is 278 g/mol. The molecule has 0 unspecified atom stereocenters. The van der Waals surface area contributed by atoms with Crippen LogP contribution in [0.4, 0.5) is 0 Å². The van der Waals surface area contributed by atoms with Crippen molar-refractivity contribution in [3.05, 3.63) is 45.6 Å². The van der Waals surface area contributed by atoms with E-state index in [0.717, 1.165) is 12.2 Å². The molecule has 17 heavy (non-hydrogen) atoms. The van der Waals surface area contributed by atoms with Gasteiger partial charge >= 0.3 is 33.9 Å². The molecule has 0 aliphatic carbocycles. The van der Waals surface area contributed by atoms with Gasteiger partial charge in [0.1, 0.15) is 6.29 Å². The van der Waals surface area contributed by atoms with Crippen molar-refractivity contribution in [1.82, 2.24) is 0 Å². The van der Waals surface area contributed by atoms with Gasteiger partial charge in [-0.05, 0) is 25.7 Å². The Morgan fingerprint density at radius 3 is 1.59 bits per heavy atom. The molecule has 0 saturated heterocycles. The van der Waals surface area contributed by atoms with E-state index in [4.69, 9.17) is 14.0 Å². The third-order valence-corrected chi connectivity index (χ3v) is 1.10. The first kappa shape index (κ1) is 29.9. The topological polar surface area (TPSA) is 76.8 Å². The van der Waals surface area contributed by atoms with Crippen LogP contribution in [-0.2, 0) is 35.8 Å². The summed E-state index contributed by atoms with van der Waals surface area (Å²) in [5, 5.41) is 0. The first-order chi connectivity index (χ1) is 7.48. The summed E-state index contributed by atoms with van der Waals surface area (Å²) in [4.78, 5) is 10.4. The normalized spacial score (nSPS) is 7.47. The van der Waals surface area contributed by atoms with Crippen molar-refractivity contribution in [2.24, 2.45) is 5.41 Å². The Labute approximate surface area is 114 Å². The second kappa shape index (κ2) is 24.6. The number of hydrogen-bond donors (Lipinski definition) is 0. The van der Waals surface area contributed by atoms with Crippen LogP contribution in [-0.4, -0.2) is 6.29 Å². The van der Waals surface area contributed by atoms with Gasteiger partial charge in [0.15, 0.2) is 0 Å². The molecule has 0 aliphatic heterocycles. The van der Waals surface area contributed by atoms with Crippen LogP contribution in [0, 0.1) is 51.0 Å². The SMILES string of the molecule is [C-]#[O+].[C-]#[O+].[C-]#[O+].[CH2][C](C)[CH][CH]C(C)(C)C=O.[Fe]. The van der Waals surface area contributed by atoms with Crippen LogP contribution in [0.5, 0.6) is 0 Å². The second-order valence-electron chi connectivity index (χ2n) is 3.12. The molecule has 0 N–H and O–H groups in total. The van der Waals surface area contributed by atoms with Crippen LogP contribution >= 0.6 is 0 Å². The van der Waals surface area contributed by atoms with E-state index in [1.54, 1.807) is 0 Å². The fraction of sp³-hybridized carbons (Fsp3) is 0.333. The Morgan fingerprint density at radius 2 is 1.41 bits per heavy atom. The maximum Gasteiger partial charge on any atom is 0.125 e. The first-order valence-corrected chi connectivity index (χ1v) is 3.90. The second-order valence-corrected chi connectivity index (χ2v) is 3.12. The molecule has 0 amide bonds. The van der Waals surface area contributed by atoms with E-state index in [1.807, 2.05) is 33.6 Å². The van der Waals surface area contributed by atoms with E-state index >= 15 is 0 Å². The van der Waals surface area contributed by atoms with Crippen LogP contribution in [0.2, 0.25) is 0 Å². The summed E-state index contributed by atoms with van der Waals surface area (Å²) in [6.07, 6.45) is 4.63. The number of carbonyl (C=O) groups is 1. The standard InChI is InChI=1S/C9H14O.3CO.Fe/c1-8(2)5-6-9(3,4)7-10;3*1-2;/h5-7H,1H2,2-4H3;;;;. The van der Waals surface area contributed by atoms with Gasteiger partial charge in [-0.3, -0.25) is 0 Å². The molecule has 0 aliphatic rings. The van der Waals surface area contributed by atoms with Crippen molar-refractivity contribution < 1.29 is 35.8 Å². The van der Waals surface area contributed by atoms with E-state index in [-0.39, 0.29) is 22.5 Å². The minimum Gasteiger partial charge on any atom is -0.303 e. The molecule has 4 radical (unpaired) electrons. The van der Waals surface area contributed by atoms with E-state index in [1.165, 1.54) is 0 Å². The van der Waals surface area contributed by atoms with Crippen LogP contribution in [0.3, 0.4) is 0 Å². The van der Waals surface area contributed by atoms with Crippen LogP contribution in [0.25, 0.3) is 0 Å². The molecule has 0 rings (SSSR count). The summed E-state index contributed by atoms with van der Waals surface area (Å²) in [6.45, 7) is 22.8. The van der Waals surface area contributed by atoms with Crippen molar-refractivity contribution in [3.63, 3.8) is 0 Å². The summed E-state index contributed by atoms with van der Waals surface area (Å²) in [5.74, 6) is 0.968. The van der Waals surface area contributed by atoms with Gasteiger partial charge < -0.3 is 4.79 Å². The fourth-order valence-electron chi connectivity index (χ4n) is 0.396. The van der Waals surface area contributed by atoms with Crippen molar-refractivity contribution >= 4 is 6.29 Å². The Kier molecular flexibility index (Phi) is 43.3. The van der Waals surface area contributed by atoms with Gasteiger partial charge in [0, 0.05) is 22.5 Å². The average Bonchev–Trinajstić information content (AvgIpc) is 2.34. The van der Waals surface area contributed by atoms with Gasteiger partial charge in [-0.1, -0.05) is 20.8 Å². The summed E-state index contributed by atoms with van der Waals surface area (Å²) in [6, 6.07) is 0.